The first-order chi connectivity index (χ1) is 8.20. The van der Waals surface area contributed by atoms with Gasteiger partial charge in [0.25, 0.3) is 5.91 Å². The topological polar surface area (TPSA) is 90.1 Å². The number of rotatable bonds is 3. The zero-order valence-electron chi connectivity index (χ0n) is 9.30. The number of amides is 1. The number of benzene rings is 1. The molecule has 0 saturated carbocycles. The molecule has 1 amide bonds. The quantitative estimate of drug-likeness (QED) is 0.451. The van der Waals surface area contributed by atoms with E-state index in [1.807, 2.05) is 29.7 Å². The number of nitrogens with two attached hydrogens (primary N) is 1. The summed E-state index contributed by atoms with van der Waals surface area (Å²) in [5, 5.41) is 0.767. The second-order valence-electron chi connectivity index (χ2n) is 3.45. The third-order valence-corrected chi connectivity index (χ3v) is 2.18. The zero-order chi connectivity index (χ0) is 12.3. The summed E-state index contributed by atoms with van der Waals surface area (Å²) in [5.41, 5.74) is 2.77. The number of para-hydroxylation sites is 1. The molecule has 0 atom stereocenters. The lowest BCUT2D eigenvalue weighted by atomic mass is 10.2. The summed E-state index contributed by atoms with van der Waals surface area (Å²) in [6.07, 6.45) is 0. The van der Waals surface area contributed by atoms with Crippen LogP contribution in [0.5, 0.6) is 5.88 Å². The van der Waals surface area contributed by atoms with Crippen LogP contribution in [0.25, 0.3) is 10.9 Å². The highest BCUT2D eigenvalue weighted by molar-refractivity contribution is 5.84. The third-order valence-electron chi connectivity index (χ3n) is 2.18. The largest absolute Gasteiger partial charge is 0.467 e. The van der Waals surface area contributed by atoms with Gasteiger partial charge in [0.2, 0.25) is 5.88 Å². The lowest BCUT2D eigenvalue weighted by Gasteiger charge is -2.07. The van der Waals surface area contributed by atoms with Gasteiger partial charge in [-0.25, -0.2) is 10.8 Å². The van der Waals surface area contributed by atoms with Crippen molar-refractivity contribution in [1.82, 2.24) is 15.4 Å². The standard InChI is InChI=1S/C11H12N4O2/c1-7-13-9-5-3-2-4-8(9)11(14-7)17-6-10(16)15-12/h2-5H,6,12H2,1H3,(H,15,16). The second-order valence-corrected chi connectivity index (χ2v) is 3.45. The third kappa shape index (κ3) is 2.48. The van der Waals surface area contributed by atoms with Gasteiger partial charge in [-0.15, -0.1) is 0 Å². The molecule has 17 heavy (non-hydrogen) atoms. The van der Waals surface area contributed by atoms with E-state index in [-0.39, 0.29) is 6.61 Å². The lowest BCUT2D eigenvalue weighted by Crippen LogP contribution is -2.34. The van der Waals surface area contributed by atoms with Gasteiger partial charge in [-0.05, 0) is 19.1 Å². The van der Waals surface area contributed by atoms with Gasteiger partial charge < -0.3 is 4.74 Å². The molecule has 0 spiro atoms. The van der Waals surface area contributed by atoms with Crippen molar-refractivity contribution in [1.29, 1.82) is 0 Å². The molecule has 2 rings (SSSR count). The Kier molecular flexibility index (Phi) is 3.15. The molecular formula is C11H12N4O2. The fourth-order valence-corrected chi connectivity index (χ4v) is 1.44. The van der Waals surface area contributed by atoms with Gasteiger partial charge in [0.05, 0.1) is 10.9 Å². The molecular weight excluding hydrogens is 220 g/mol. The zero-order valence-corrected chi connectivity index (χ0v) is 9.30. The number of hydrogen-bond donors (Lipinski definition) is 2. The van der Waals surface area contributed by atoms with E-state index < -0.39 is 5.91 Å². The van der Waals surface area contributed by atoms with Gasteiger partial charge in [0.15, 0.2) is 6.61 Å². The van der Waals surface area contributed by atoms with Crippen LogP contribution in [0.3, 0.4) is 0 Å². The van der Waals surface area contributed by atoms with Gasteiger partial charge in [-0.1, -0.05) is 12.1 Å². The van der Waals surface area contributed by atoms with Crippen molar-refractivity contribution in [2.24, 2.45) is 5.84 Å². The van der Waals surface area contributed by atoms with Crippen LogP contribution >= 0.6 is 0 Å². The van der Waals surface area contributed by atoms with Crippen LogP contribution in [0, 0.1) is 6.92 Å². The van der Waals surface area contributed by atoms with Crippen LogP contribution in [-0.2, 0) is 4.79 Å². The van der Waals surface area contributed by atoms with Gasteiger partial charge >= 0.3 is 0 Å². The molecule has 0 aliphatic rings. The van der Waals surface area contributed by atoms with Crippen LogP contribution in [-0.4, -0.2) is 22.5 Å². The molecule has 0 saturated heterocycles. The van der Waals surface area contributed by atoms with Crippen molar-refractivity contribution in [2.45, 2.75) is 6.92 Å². The molecule has 0 aliphatic heterocycles. The fourth-order valence-electron chi connectivity index (χ4n) is 1.44. The van der Waals surface area contributed by atoms with E-state index in [1.54, 1.807) is 6.92 Å². The Morgan fingerprint density at radius 3 is 2.94 bits per heavy atom. The van der Waals surface area contributed by atoms with Crippen LogP contribution in [0.4, 0.5) is 0 Å². The van der Waals surface area contributed by atoms with Crippen molar-refractivity contribution in [3.8, 4) is 5.88 Å². The summed E-state index contributed by atoms with van der Waals surface area (Å²) in [7, 11) is 0. The first-order valence-electron chi connectivity index (χ1n) is 5.06. The number of aryl methyl sites for hydroxylation is 1. The Hall–Kier alpha value is -2.21. The number of hydrazine groups is 1. The van der Waals surface area contributed by atoms with Gasteiger partial charge in [0.1, 0.15) is 5.82 Å². The molecule has 0 radical (unpaired) electrons. The summed E-state index contributed by atoms with van der Waals surface area (Å²) in [4.78, 5) is 19.4. The molecule has 6 nitrogen and oxygen atoms in total. The highest BCUT2D eigenvalue weighted by atomic mass is 16.5. The maximum atomic E-state index is 11.0. The average Bonchev–Trinajstić information content (AvgIpc) is 2.35. The molecule has 0 bridgehead atoms. The van der Waals surface area contributed by atoms with Gasteiger partial charge in [-0.2, -0.15) is 4.98 Å². The molecule has 0 unspecified atom stereocenters. The van der Waals surface area contributed by atoms with Gasteiger partial charge in [-0.3, -0.25) is 10.2 Å². The number of nitrogens with one attached hydrogen (secondary N) is 1. The van der Waals surface area contributed by atoms with Crippen LogP contribution in [0.15, 0.2) is 24.3 Å². The van der Waals surface area contributed by atoms with E-state index in [9.17, 15) is 4.79 Å². The maximum absolute atomic E-state index is 11.0. The lowest BCUT2D eigenvalue weighted by molar-refractivity contribution is -0.123. The second kappa shape index (κ2) is 4.75. The normalized spacial score (nSPS) is 10.2. The van der Waals surface area contributed by atoms with Crippen LogP contribution < -0.4 is 16.0 Å². The first kappa shape index (κ1) is 11.3. The molecule has 1 heterocycles. The predicted octanol–water partition coefficient (Wildman–Crippen LogP) is 0.307. The Morgan fingerprint density at radius 1 is 1.41 bits per heavy atom. The Bertz CT molecular complexity index is 556. The number of hydrogen-bond acceptors (Lipinski definition) is 5. The van der Waals surface area contributed by atoms with Crippen molar-refractivity contribution >= 4 is 16.8 Å². The van der Waals surface area contributed by atoms with Crippen molar-refractivity contribution in [3.05, 3.63) is 30.1 Å². The van der Waals surface area contributed by atoms with E-state index in [2.05, 4.69) is 9.97 Å². The minimum absolute atomic E-state index is 0.170. The molecule has 6 heteroatoms. The van der Waals surface area contributed by atoms with Crippen molar-refractivity contribution < 1.29 is 9.53 Å². The Morgan fingerprint density at radius 2 is 2.18 bits per heavy atom. The molecule has 1 aromatic heterocycles. The average molecular weight is 232 g/mol. The number of fused-ring (bicyclic) bond motifs is 1. The summed E-state index contributed by atoms with van der Waals surface area (Å²) in [5.74, 6) is 5.53. The maximum Gasteiger partial charge on any atom is 0.271 e. The van der Waals surface area contributed by atoms with E-state index in [0.717, 1.165) is 10.9 Å². The minimum atomic E-state index is -0.412. The van der Waals surface area contributed by atoms with E-state index in [4.69, 9.17) is 10.6 Å². The van der Waals surface area contributed by atoms with E-state index >= 15 is 0 Å². The van der Waals surface area contributed by atoms with E-state index in [1.165, 1.54) is 0 Å². The Balaban J connectivity index is 2.35. The summed E-state index contributed by atoms with van der Waals surface area (Å²) < 4.78 is 5.31. The molecule has 0 aliphatic carbocycles. The summed E-state index contributed by atoms with van der Waals surface area (Å²) in [6.45, 7) is 1.60. The number of carbonyl (C=O) groups excluding carboxylic acids is 1. The highest BCUT2D eigenvalue weighted by Gasteiger charge is 2.08. The smallest absolute Gasteiger partial charge is 0.271 e. The molecule has 0 fully saturated rings. The monoisotopic (exact) mass is 232 g/mol. The molecule has 3 N–H and O–H groups in total. The first-order valence-corrected chi connectivity index (χ1v) is 5.06. The SMILES string of the molecule is Cc1nc(OCC(=O)NN)c2ccccc2n1. The minimum Gasteiger partial charge on any atom is -0.467 e. The van der Waals surface area contributed by atoms with Crippen LogP contribution in [0.1, 0.15) is 5.82 Å². The van der Waals surface area contributed by atoms with Gasteiger partial charge in [0, 0.05) is 0 Å². The van der Waals surface area contributed by atoms with E-state index in [0.29, 0.717) is 11.7 Å². The van der Waals surface area contributed by atoms with Crippen molar-refractivity contribution in [3.63, 3.8) is 0 Å². The van der Waals surface area contributed by atoms with Crippen LogP contribution in [0.2, 0.25) is 0 Å². The number of aromatic nitrogens is 2. The molecule has 1 aromatic carbocycles. The fraction of sp³-hybridized carbons (Fsp3) is 0.182. The summed E-state index contributed by atoms with van der Waals surface area (Å²) >= 11 is 0. The number of ether oxygens (including phenoxy) is 1. The Labute approximate surface area is 97.8 Å². The predicted molar refractivity (Wildman–Crippen MR) is 62.1 cm³/mol. The number of carbonyl (C=O) groups is 1. The highest BCUT2D eigenvalue weighted by Crippen LogP contribution is 2.21. The van der Waals surface area contributed by atoms with Crippen molar-refractivity contribution in [2.75, 3.05) is 6.61 Å². The molecule has 2 aromatic rings. The summed E-state index contributed by atoms with van der Waals surface area (Å²) in [6, 6.07) is 7.44. The molecule has 88 valence electrons. The number of nitrogens with zero attached hydrogens (tertiary/aromatic N) is 2.